The lowest BCUT2D eigenvalue weighted by atomic mass is 10.1. The van der Waals surface area contributed by atoms with Crippen molar-refractivity contribution in [3.05, 3.63) is 72.4 Å². The summed E-state index contributed by atoms with van der Waals surface area (Å²) in [6.07, 6.45) is 2.00. The fraction of sp³-hybridized carbons (Fsp3) is 0.111. The molecule has 0 bridgehead atoms. The maximum atomic E-state index is 4.75. The molecular weight excluding hydrogens is 290 g/mol. The van der Waals surface area contributed by atoms with Crippen LogP contribution in [0.3, 0.4) is 0 Å². The molecule has 0 spiro atoms. The summed E-state index contributed by atoms with van der Waals surface area (Å²) in [5.74, 6) is 0. The van der Waals surface area contributed by atoms with Gasteiger partial charge in [0.05, 0.1) is 22.9 Å². The quantitative estimate of drug-likeness (QED) is 0.691. The SMILES string of the molecule is CC1=Nn2cc(-c3ccccc3)nc2SC1c1ccccc1. The van der Waals surface area contributed by atoms with E-state index in [2.05, 4.69) is 43.3 Å². The second kappa shape index (κ2) is 5.46. The van der Waals surface area contributed by atoms with Crippen LogP contribution in [0.2, 0.25) is 0 Å². The number of benzene rings is 2. The van der Waals surface area contributed by atoms with Crippen molar-refractivity contribution < 1.29 is 0 Å². The third-order valence-electron chi connectivity index (χ3n) is 3.70. The summed E-state index contributed by atoms with van der Waals surface area (Å²) in [7, 11) is 0. The molecule has 4 heteroatoms. The van der Waals surface area contributed by atoms with Crippen LogP contribution in [0.25, 0.3) is 11.3 Å². The van der Waals surface area contributed by atoms with Gasteiger partial charge >= 0.3 is 0 Å². The van der Waals surface area contributed by atoms with Gasteiger partial charge in [-0.05, 0) is 12.5 Å². The molecule has 2 aromatic carbocycles. The predicted molar refractivity (Wildman–Crippen MR) is 91.2 cm³/mol. The number of hydrogen-bond acceptors (Lipinski definition) is 3. The minimum Gasteiger partial charge on any atom is -0.221 e. The molecule has 0 amide bonds. The highest BCUT2D eigenvalue weighted by Crippen LogP contribution is 2.39. The van der Waals surface area contributed by atoms with Gasteiger partial charge in [0.25, 0.3) is 0 Å². The third-order valence-corrected chi connectivity index (χ3v) is 5.03. The Hall–Kier alpha value is -2.33. The summed E-state index contributed by atoms with van der Waals surface area (Å²) in [4.78, 5) is 4.75. The zero-order valence-corrected chi connectivity index (χ0v) is 13.0. The Morgan fingerprint density at radius 2 is 1.64 bits per heavy atom. The van der Waals surface area contributed by atoms with Gasteiger partial charge in [0.2, 0.25) is 0 Å². The summed E-state index contributed by atoms with van der Waals surface area (Å²) >= 11 is 1.75. The van der Waals surface area contributed by atoms with Crippen molar-refractivity contribution in [2.75, 3.05) is 0 Å². The lowest BCUT2D eigenvalue weighted by Crippen LogP contribution is -2.13. The smallest absolute Gasteiger partial charge is 0.190 e. The molecule has 108 valence electrons. The van der Waals surface area contributed by atoms with Gasteiger partial charge in [-0.3, -0.25) is 0 Å². The highest BCUT2D eigenvalue weighted by molar-refractivity contribution is 8.00. The molecule has 0 N–H and O–H groups in total. The van der Waals surface area contributed by atoms with E-state index in [4.69, 9.17) is 10.1 Å². The number of hydrogen-bond donors (Lipinski definition) is 0. The zero-order valence-electron chi connectivity index (χ0n) is 12.2. The van der Waals surface area contributed by atoms with Gasteiger partial charge in [-0.25, -0.2) is 9.66 Å². The molecular formula is C18H15N3S. The van der Waals surface area contributed by atoms with Crippen molar-refractivity contribution in [3.63, 3.8) is 0 Å². The molecule has 1 aliphatic rings. The molecule has 0 radical (unpaired) electrons. The molecule has 2 heterocycles. The first-order valence-electron chi connectivity index (χ1n) is 7.23. The zero-order chi connectivity index (χ0) is 14.9. The first kappa shape index (κ1) is 13.3. The molecule has 4 rings (SSSR count). The van der Waals surface area contributed by atoms with Crippen LogP contribution in [0.5, 0.6) is 0 Å². The van der Waals surface area contributed by atoms with Crippen molar-refractivity contribution in [1.82, 2.24) is 9.66 Å². The topological polar surface area (TPSA) is 30.2 Å². The minimum atomic E-state index is 0.236. The van der Waals surface area contributed by atoms with Crippen LogP contribution in [0.1, 0.15) is 17.7 Å². The summed E-state index contributed by atoms with van der Waals surface area (Å²) in [6.45, 7) is 2.08. The molecule has 3 nitrogen and oxygen atoms in total. The van der Waals surface area contributed by atoms with Gasteiger partial charge in [-0.15, -0.1) is 0 Å². The minimum absolute atomic E-state index is 0.236. The number of fused-ring (bicyclic) bond motifs is 1. The van der Waals surface area contributed by atoms with Crippen LogP contribution in [-0.2, 0) is 0 Å². The Bertz CT molecular complexity index is 822. The van der Waals surface area contributed by atoms with Crippen molar-refractivity contribution in [2.45, 2.75) is 17.3 Å². The van der Waals surface area contributed by atoms with Crippen LogP contribution < -0.4 is 0 Å². The molecule has 0 aliphatic carbocycles. The Morgan fingerprint density at radius 1 is 0.955 bits per heavy atom. The van der Waals surface area contributed by atoms with E-state index in [1.165, 1.54) is 5.56 Å². The van der Waals surface area contributed by atoms with Gasteiger partial charge in [-0.2, -0.15) is 5.10 Å². The van der Waals surface area contributed by atoms with E-state index in [1.807, 2.05) is 35.1 Å². The Balaban J connectivity index is 1.71. The molecule has 3 aromatic rings. The maximum Gasteiger partial charge on any atom is 0.190 e. The normalized spacial score (nSPS) is 17.0. The first-order chi connectivity index (χ1) is 10.8. The Morgan fingerprint density at radius 3 is 2.36 bits per heavy atom. The second-order valence-corrected chi connectivity index (χ2v) is 6.34. The molecule has 0 saturated heterocycles. The number of rotatable bonds is 2. The maximum absolute atomic E-state index is 4.75. The van der Waals surface area contributed by atoms with E-state index in [0.717, 1.165) is 22.1 Å². The second-order valence-electron chi connectivity index (χ2n) is 5.27. The molecule has 1 atom stereocenters. The summed E-state index contributed by atoms with van der Waals surface area (Å²) in [5.41, 5.74) is 4.45. The van der Waals surface area contributed by atoms with Crippen LogP contribution >= 0.6 is 11.8 Å². The number of aromatic nitrogens is 2. The van der Waals surface area contributed by atoms with E-state index >= 15 is 0 Å². The van der Waals surface area contributed by atoms with Gasteiger partial charge < -0.3 is 0 Å². The van der Waals surface area contributed by atoms with Crippen LogP contribution in [-0.4, -0.2) is 15.4 Å². The third kappa shape index (κ3) is 2.35. The van der Waals surface area contributed by atoms with Crippen molar-refractivity contribution in [2.24, 2.45) is 5.10 Å². The van der Waals surface area contributed by atoms with Crippen molar-refractivity contribution >= 4 is 17.5 Å². The molecule has 1 aliphatic heterocycles. The van der Waals surface area contributed by atoms with E-state index in [-0.39, 0.29) is 5.25 Å². The fourth-order valence-corrected chi connectivity index (χ4v) is 3.68. The fourth-order valence-electron chi connectivity index (χ4n) is 2.60. The lowest BCUT2D eigenvalue weighted by Gasteiger charge is -2.20. The predicted octanol–water partition coefficient (Wildman–Crippen LogP) is 4.62. The average molecular weight is 305 g/mol. The Labute approximate surface area is 133 Å². The van der Waals surface area contributed by atoms with Crippen LogP contribution in [0, 0.1) is 0 Å². The molecule has 22 heavy (non-hydrogen) atoms. The summed E-state index contributed by atoms with van der Waals surface area (Å²) in [5, 5.41) is 5.88. The van der Waals surface area contributed by atoms with Gasteiger partial charge in [0.1, 0.15) is 0 Å². The first-order valence-corrected chi connectivity index (χ1v) is 8.11. The van der Waals surface area contributed by atoms with Gasteiger partial charge in [0, 0.05) is 5.56 Å². The Kier molecular flexibility index (Phi) is 3.31. The number of thioether (sulfide) groups is 1. The monoisotopic (exact) mass is 305 g/mol. The van der Waals surface area contributed by atoms with Crippen molar-refractivity contribution in [1.29, 1.82) is 0 Å². The number of imidazole rings is 1. The van der Waals surface area contributed by atoms with Crippen LogP contribution in [0.15, 0.2) is 77.1 Å². The largest absolute Gasteiger partial charge is 0.221 e. The van der Waals surface area contributed by atoms with Gasteiger partial charge in [-0.1, -0.05) is 72.4 Å². The summed E-state index contributed by atoms with van der Waals surface area (Å²) < 4.78 is 1.89. The van der Waals surface area contributed by atoms with E-state index in [1.54, 1.807) is 11.8 Å². The molecule has 1 unspecified atom stereocenters. The highest BCUT2D eigenvalue weighted by atomic mass is 32.2. The van der Waals surface area contributed by atoms with E-state index < -0.39 is 0 Å². The van der Waals surface area contributed by atoms with Gasteiger partial charge in [0.15, 0.2) is 5.16 Å². The molecule has 0 saturated carbocycles. The van der Waals surface area contributed by atoms with E-state index in [0.29, 0.717) is 0 Å². The molecule has 1 aromatic heterocycles. The summed E-state index contributed by atoms with van der Waals surface area (Å²) in [6, 6.07) is 20.7. The van der Waals surface area contributed by atoms with E-state index in [9.17, 15) is 0 Å². The van der Waals surface area contributed by atoms with Crippen LogP contribution in [0.4, 0.5) is 0 Å². The molecule has 0 fully saturated rings. The number of nitrogens with zero attached hydrogens (tertiary/aromatic N) is 3. The average Bonchev–Trinajstić information content (AvgIpc) is 2.98. The highest BCUT2D eigenvalue weighted by Gasteiger charge is 2.24. The van der Waals surface area contributed by atoms with Crippen molar-refractivity contribution in [3.8, 4) is 11.3 Å². The lowest BCUT2D eigenvalue weighted by molar-refractivity contribution is 0.747. The standard InChI is InChI=1S/C18H15N3S/c1-13-17(15-10-6-3-7-11-15)22-18-19-16(12-21(18)20-13)14-8-4-2-5-9-14/h2-12,17H,1H3.